The van der Waals surface area contributed by atoms with Crippen LogP contribution in [0.25, 0.3) is 17.0 Å². The molecule has 0 radical (unpaired) electrons. The zero-order chi connectivity index (χ0) is 19.3. The summed E-state index contributed by atoms with van der Waals surface area (Å²) in [6.07, 6.45) is 2.37. The zero-order valence-corrected chi connectivity index (χ0v) is 15.8. The van der Waals surface area contributed by atoms with Crippen LogP contribution in [-0.4, -0.2) is 40.3 Å². The second-order valence-corrected chi connectivity index (χ2v) is 6.22. The highest BCUT2D eigenvalue weighted by Gasteiger charge is 2.12. The third-order valence-corrected chi connectivity index (χ3v) is 4.51. The van der Waals surface area contributed by atoms with Gasteiger partial charge in [0, 0.05) is 18.2 Å². The molecule has 0 fully saturated rings. The number of rotatable bonds is 7. The molecule has 7 nitrogen and oxygen atoms in total. The minimum atomic E-state index is 0.537. The van der Waals surface area contributed by atoms with Gasteiger partial charge in [-0.25, -0.2) is 4.98 Å². The highest BCUT2D eigenvalue weighted by atomic mass is 16.5. The smallest absolute Gasteiger partial charge is 0.254 e. The number of ether oxygens (including phenoxy) is 2. The van der Waals surface area contributed by atoms with E-state index in [0.29, 0.717) is 5.78 Å². The van der Waals surface area contributed by atoms with E-state index in [4.69, 9.17) is 9.47 Å². The minimum Gasteiger partial charge on any atom is -0.497 e. The molecule has 4 aromatic rings. The molecule has 0 aliphatic heterocycles. The van der Waals surface area contributed by atoms with Crippen LogP contribution in [0.2, 0.25) is 0 Å². The summed E-state index contributed by atoms with van der Waals surface area (Å²) in [4.78, 5) is 8.87. The second kappa shape index (κ2) is 7.96. The Kier molecular flexibility index (Phi) is 5.05. The molecule has 0 aliphatic rings. The average molecular weight is 375 g/mol. The van der Waals surface area contributed by atoms with Gasteiger partial charge in [0.1, 0.15) is 23.6 Å². The van der Waals surface area contributed by atoms with Crippen LogP contribution in [0.3, 0.4) is 0 Å². The van der Waals surface area contributed by atoms with Gasteiger partial charge in [-0.05, 0) is 36.2 Å². The van der Waals surface area contributed by atoms with E-state index in [1.54, 1.807) is 18.7 Å². The van der Waals surface area contributed by atoms with E-state index < -0.39 is 0 Å². The van der Waals surface area contributed by atoms with E-state index in [0.717, 1.165) is 41.5 Å². The maximum absolute atomic E-state index is 5.48. The van der Waals surface area contributed by atoms with Crippen molar-refractivity contribution < 1.29 is 9.47 Å². The van der Waals surface area contributed by atoms with Crippen LogP contribution in [0, 0.1) is 0 Å². The van der Waals surface area contributed by atoms with Crippen LogP contribution < -0.4 is 14.8 Å². The number of nitrogens with zero attached hydrogens (tertiary/aromatic N) is 4. The zero-order valence-electron chi connectivity index (χ0n) is 15.8. The molecule has 1 N–H and O–H groups in total. The number of methoxy groups -OCH3 is 2. The molecule has 28 heavy (non-hydrogen) atoms. The number of hydrogen-bond donors (Lipinski definition) is 1. The van der Waals surface area contributed by atoms with Crippen molar-refractivity contribution >= 4 is 11.6 Å². The molecule has 0 amide bonds. The Morgan fingerprint density at radius 2 is 1.82 bits per heavy atom. The number of fused-ring (bicyclic) bond motifs is 1. The van der Waals surface area contributed by atoms with Gasteiger partial charge in [-0.1, -0.05) is 24.3 Å². The lowest BCUT2D eigenvalue weighted by Gasteiger charge is -2.12. The van der Waals surface area contributed by atoms with E-state index in [1.807, 2.05) is 42.5 Å². The first-order valence-corrected chi connectivity index (χ1v) is 8.99. The first-order valence-electron chi connectivity index (χ1n) is 8.99. The van der Waals surface area contributed by atoms with Crippen molar-refractivity contribution in [1.82, 2.24) is 19.6 Å². The molecule has 2 aromatic carbocycles. The Hall–Kier alpha value is -3.61. The predicted octanol–water partition coefficient (Wildman–Crippen LogP) is 3.46. The van der Waals surface area contributed by atoms with Gasteiger partial charge in [0.25, 0.3) is 5.78 Å². The van der Waals surface area contributed by atoms with Crippen LogP contribution in [0.4, 0.5) is 5.82 Å². The van der Waals surface area contributed by atoms with Crippen LogP contribution in [0.5, 0.6) is 11.5 Å². The summed E-state index contributed by atoms with van der Waals surface area (Å²) in [7, 11) is 3.32. The third-order valence-electron chi connectivity index (χ3n) is 4.51. The van der Waals surface area contributed by atoms with Crippen LogP contribution in [0.15, 0.2) is 60.9 Å². The number of benzene rings is 2. The van der Waals surface area contributed by atoms with E-state index in [1.165, 1.54) is 11.9 Å². The fourth-order valence-electron chi connectivity index (χ4n) is 3.06. The monoisotopic (exact) mass is 375 g/mol. The SMILES string of the molecule is COc1ccc(CCNc2cc(-c3ccccc3OC)nc3ncnn23)cc1. The van der Waals surface area contributed by atoms with Gasteiger partial charge in [0.2, 0.25) is 0 Å². The number of aromatic nitrogens is 4. The number of para-hydroxylation sites is 1. The fourth-order valence-corrected chi connectivity index (χ4v) is 3.06. The fraction of sp³-hybridized carbons (Fsp3) is 0.190. The van der Waals surface area contributed by atoms with Gasteiger partial charge in [-0.15, -0.1) is 0 Å². The van der Waals surface area contributed by atoms with Crippen LogP contribution >= 0.6 is 0 Å². The Balaban J connectivity index is 1.58. The molecule has 142 valence electrons. The van der Waals surface area contributed by atoms with Crippen molar-refractivity contribution in [2.45, 2.75) is 6.42 Å². The van der Waals surface area contributed by atoms with Gasteiger partial charge >= 0.3 is 0 Å². The Morgan fingerprint density at radius 1 is 1.00 bits per heavy atom. The summed E-state index contributed by atoms with van der Waals surface area (Å²) in [6.45, 7) is 0.747. The van der Waals surface area contributed by atoms with E-state index >= 15 is 0 Å². The molecule has 0 spiro atoms. The van der Waals surface area contributed by atoms with Gasteiger partial charge < -0.3 is 14.8 Å². The second-order valence-electron chi connectivity index (χ2n) is 6.22. The molecule has 0 aliphatic carbocycles. The number of hydrogen-bond acceptors (Lipinski definition) is 6. The molecule has 2 heterocycles. The average Bonchev–Trinajstić information content (AvgIpc) is 3.23. The van der Waals surface area contributed by atoms with Crippen molar-refractivity contribution in [1.29, 1.82) is 0 Å². The third kappa shape index (κ3) is 3.59. The summed E-state index contributed by atoms with van der Waals surface area (Å²) >= 11 is 0. The maximum atomic E-state index is 5.48. The first kappa shape index (κ1) is 17.8. The Bertz CT molecular complexity index is 1080. The molecular formula is C21H21N5O2. The largest absolute Gasteiger partial charge is 0.497 e. The quantitative estimate of drug-likeness (QED) is 0.533. The summed E-state index contributed by atoms with van der Waals surface area (Å²) in [5.41, 5.74) is 2.92. The highest BCUT2D eigenvalue weighted by molar-refractivity contribution is 5.71. The lowest BCUT2D eigenvalue weighted by atomic mass is 10.1. The van der Waals surface area contributed by atoms with Crippen LogP contribution in [-0.2, 0) is 6.42 Å². The van der Waals surface area contributed by atoms with Gasteiger partial charge in [-0.3, -0.25) is 0 Å². The topological polar surface area (TPSA) is 73.6 Å². The van der Waals surface area contributed by atoms with Gasteiger partial charge in [0.15, 0.2) is 0 Å². The van der Waals surface area contributed by atoms with E-state index in [-0.39, 0.29) is 0 Å². The maximum Gasteiger partial charge on any atom is 0.254 e. The summed E-state index contributed by atoms with van der Waals surface area (Å²) in [6, 6.07) is 17.8. The molecule has 4 rings (SSSR count). The number of nitrogens with one attached hydrogen (secondary N) is 1. The van der Waals surface area contributed by atoms with Crippen molar-refractivity contribution in [3.63, 3.8) is 0 Å². The Labute approximate surface area is 163 Å². The van der Waals surface area contributed by atoms with Crippen LogP contribution in [0.1, 0.15) is 5.56 Å². The molecular weight excluding hydrogens is 354 g/mol. The predicted molar refractivity (Wildman–Crippen MR) is 108 cm³/mol. The number of anilines is 1. The van der Waals surface area contributed by atoms with Crippen molar-refractivity contribution in [2.24, 2.45) is 0 Å². The van der Waals surface area contributed by atoms with Gasteiger partial charge in [-0.2, -0.15) is 14.6 Å². The normalized spacial score (nSPS) is 10.8. The summed E-state index contributed by atoms with van der Waals surface area (Å²) in [5, 5.41) is 7.72. The molecule has 2 aromatic heterocycles. The molecule has 0 bridgehead atoms. The minimum absolute atomic E-state index is 0.537. The standard InChI is InChI=1S/C21H21N5O2/c1-27-16-9-7-15(8-10-16)11-12-22-20-13-18(25-21-23-14-24-26(20)21)17-5-3-4-6-19(17)28-2/h3-10,13-14,22H,11-12H2,1-2H3. The Morgan fingerprint density at radius 3 is 2.61 bits per heavy atom. The lowest BCUT2D eigenvalue weighted by Crippen LogP contribution is -2.10. The van der Waals surface area contributed by atoms with Crippen molar-refractivity contribution in [3.05, 3.63) is 66.5 Å². The molecule has 7 heteroatoms. The van der Waals surface area contributed by atoms with Crippen molar-refractivity contribution in [3.8, 4) is 22.8 Å². The van der Waals surface area contributed by atoms with E-state index in [2.05, 4.69) is 32.5 Å². The van der Waals surface area contributed by atoms with Crippen molar-refractivity contribution in [2.75, 3.05) is 26.1 Å². The molecule has 0 atom stereocenters. The summed E-state index contributed by atoms with van der Waals surface area (Å²) < 4.78 is 12.4. The molecule has 0 saturated heterocycles. The molecule has 0 unspecified atom stereocenters. The van der Waals surface area contributed by atoms with E-state index in [9.17, 15) is 0 Å². The lowest BCUT2D eigenvalue weighted by molar-refractivity contribution is 0.414. The van der Waals surface area contributed by atoms with Gasteiger partial charge in [0.05, 0.1) is 19.9 Å². The highest BCUT2D eigenvalue weighted by Crippen LogP contribution is 2.29. The first-order chi connectivity index (χ1) is 13.8. The molecule has 0 saturated carbocycles. The summed E-state index contributed by atoms with van der Waals surface area (Å²) in [5.74, 6) is 2.99.